The lowest BCUT2D eigenvalue weighted by molar-refractivity contribution is -0.150. The van der Waals surface area contributed by atoms with Crippen molar-refractivity contribution in [2.75, 3.05) is 12.3 Å². The Morgan fingerprint density at radius 2 is 1.52 bits per heavy atom. The maximum Gasteiger partial charge on any atom is 0.227 e. The zero-order chi connectivity index (χ0) is 39.7. The molecule has 54 heavy (non-hydrogen) atoms. The Morgan fingerprint density at radius 1 is 0.907 bits per heavy atom. The number of sulfone groups is 1. The van der Waals surface area contributed by atoms with Crippen molar-refractivity contribution in [3.8, 4) is 12.3 Å². The number of carbonyl (C=O) groups is 5. The fourth-order valence-electron chi connectivity index (χ4n) is 10.7. The van der Waals surface area contributed by atoms with Crippen molar-refractivity contribution in [2.24, 2.45) is 45.8 Å². The molecule has 5 rings (SSSR count). The topological polar surface area (TPSA) is 123 Å². The molecule has 1 aliphatic heterocycles. The number of Topliss-reactive ketones (excluding diaryl/α,β-unsaturated/α-hetero) is 4. The number of rotatable bonds is 20. The lowest BCUT2D eigenvalue weighted by atomic mass is 9.64. The second-order valence-corrected chi connectivity index (χ2v) is 22.5. The van der Waals surface area contributed by atoms with E-state index in [1.165, 1.54) is 0 Å². The number of hydrogen-bond acceptors (Lipinski definition) is 7. The molecule has 5 fully saturated rings. The molecule has 4 saturated carbocycles. The molecule has 0 bridgehead atoms. The molecule has 8 nitrogen and oxygen atoms in total. The summed E-state index contributed by atoms with van der Waals surface area (Å²) >= 11 is 0. The lowest BCUT2D eigenvalue weighted by Crippen LogP contribution is -2.52. The monoisotopic (exact) mass is 767 g/mol. The maximum atomic E-state index is 15.1. The van der Waals surface area contributed by atoms with Crippen molar-refractivity contribution in [1.29, 1.82) is 0 Å². The van der Waals surface area contributed by atoms with Crippen molar-refractivity contribution in [3.05, 3.63) is 0 Å². The minimum Gasteiger partial charge on any atom is -0.332 e. The minimum absolute atomic E-state index is 0.00321. The van der Waals surface area contributed by atoms with Crippen molar-refractivity contribution in [2.45, 2.75) is 181 Å². The predicted octanol–water partition coefficient (Wildman–Crippen LogP) is 8.28. The number of carbonyl (C=O) groups excluding carboxylic acids is 5. The molecule has 5 atom stereocenters. The molecule has 2 unspecified atom stereocenters. The first-order chi connectivity index (χ1) is 25.3. The van der Waals surface area contributed by atoms with Crippen LogP contribution in [0.4, 0.5) is 0 Å². The van der Waals surface area contributed by atoms with Crippen molar-refractivity contribution in [1.82, 2.24) is 4.90 Å². The van der Waals surface area contributed by atoms with Crippen LogP contribution in [0.2, 0.25) is 0 Å². The van der Waals surface area contributed by atoms with E-state index >= 15 is 4.79 Å². The largest absolute Gasteiger partial charge is 0.332 e. The molecular weight excluding hydrogens is 699 g/mol. The predicted molar refractivity (Wildman–Crippen MR) is 212 cm³/mol. The van der Waals surface area contributed by atoms with E-state index in [1.54, 1.807) is 18.7 Å². The molecule has 0 radical (unpaired) electrons. The van der Waals surface area contributed by atoms with Gasteiger partial charge in [0.15, 0.2) is 21.4 Å². The van der Waals surface area contributed by atoms with Crippen molar-refractivity contribution >= 4 is 38.9 Å². The van der Waals surface area contributed by atoms with Gasteiger partial charge in [0.2, 0.25) is 11.7 Å². The molecular formula is C45H69NO7S. The minimum atomic E-state index is -3.48. The van der Waals surface area contributed by atoms with Gasteiger partial charge in [-0.15, -0.1) is 12.3 Å². The van der Waals surface area contributed by atoms with Gasteiger partial charge in [0.1, 0.15) is 5.78 Å². The smallest absolute Gasteiger partial charge is 0.227 e. The molecule has 1 saturated heterocycles. The van der Waals surface area contributed by atoms with Gasteiger partial charge in [-0.3, -0.25) is 24.0 Å². The molecule has 0 aromatic carbocycles. The van der Waals surface area contributed by atoms with Gasteiger partial charge < -0.3 is 4.90 Å². The van der Waals surface area contributed by atoms with Gasteiger partial charge in [0.25, 0.3) is 0 Å². The zero-order valence-electron chi connectivity index (χ0n) is 34.3. The molecule has 0 spiro atoms. The van der Waals surface area contributed by atoms with E-state index in [2.05, 4.69) is 26.7 Å². The van der Waals surface area contributed by atoms with Crippen LogP contribution in [0.1, 0.15) is 170 Å². The third-order valence-corrected chi connectivity index (χ3v) is 18.2. The second-order valence-electron chi connectivity index (χ2n) is 19.9. The molecule has 1 heterocycles. The summed E-state index contributed by atoms with van der Waals surface area (Å²) in [6.45, 7) is 12.3. The highest BCUT2D eigenvalue weighted by atomic mass is 32.2. The molecule has 4 aliphatic carbocycles. The molecule has 5 aliphatic rings. The maximum absolute atomic E-state index is 15.1. The van der Waals surface area contributed by atoms with Crippen LogP contribution in [0.5, 0.6) is 0 Å². The Morgan fingerprint density at radius 3 is 2.09 bits per heavy atom. The quantitative estimate of drug-likeness (QED) is 0.0694. The highest BCUT2D eigenvalue weighted by Crippen LogP contribution is 2.65. The number of terminal acetylenes is 1. The Hall–Kier alpha value is -2.34. The summed E-state index contributed by atoms with van der Waals surface area (Å²) in [5.41, 5.74) is -1.16. The number of likely N-dealkylation sites (tertiary alicyclic amines) is 1. The van der Waals surface area contributed by atoms with Gasteiger partial charge in [0.05, 0.1) is 22.5 Å². The van der Waals surface area contributed by atoms with Crippen LogP contribution >= 0.6 is 0 Å². The zero-order valence-corrected chi connectivity index (χ0v) is 35.1. The van der Waals surface area contributed by atoms with Crippen LogP contribution < -0.4 is 0 Å². The van der Waals surface area contributed by atoms with E-state index in [-0.39, 0.29) is 66.2 Å². The first kappa shape index (κ1) is 42.8. The highest BCUT2D eigenvalue weighted by molar-refractivity contribution is 7.92. The van der Waals surface area contributed by atoms with Crippen molar-refractivity contribution < 1.29 is 32.4 Å². The Balaban J connectivity index is 1.39. The first-order valence-corrected chi connectivity index (χ1v) is 23.0. The van der Waals surface area contributed by atoms with E-state index in [0.717, 1.165) is 64.2 Å². The average molecular weight is 768 g/mol. The van der Waals surface area contributed by atoms with Gasteiger partial charge in [-0.05, 0) is 92.8 Å². The van der Waals surface area contributed by atoms with E-state index in [0.29, 0.717) is 51.0 Å². The number of piperidine rings is 1. The Labute approximate surface area is 326 Å². The number of unbranched alkanes of at least 4 members (excludes halogenated alkanes) is 1. The summed E-state index contributed by atoms with van der Waals surface area (Å²) in [7, 11) is -3.48. The molecule has 1 amide bonds. The van der Waals surface area contributed by atoms with Crippen LogP contribution in [0.25, 0.3) is 0 Å². The van der Waals surface area contributed by atoms with Gasteiger partial charge in [-0.1, -0.05) is 79.1 Å². The third kappa shape index (κ3) is 9.26. The Kier molecular flexibility index (Phi) is 13.2. The van der Waals surface area contributed by atoms with Gasteiger partial charge in [-0.25, -0.2) is 8.42 Å². The van der Waals surface area contributed by atoms with E-state index in [1.807, 2.05) is 6.92 Å². The van der Waals surface area contributed by atoms with Gasteiger partial charge in [-0.2, -0.15) is 0 Å². The summed E-state index contributed by atoms with van der Waals surface area (Å²) in [6.07, 6.45) is 18.4. The molecule has 0 N–H and O–H groups in total. The van der Waals surface area contributed by atoms with E-state index in [4.69, 9.17) is 6.42 Å². The summed E-state index contributed by atoms with van der Waals surface area (Å²) in [5, 5.41) is 0. The van der Waals surface area contributed by atoms with E-state index < -0.39 is 54.9 Å². The number of fused-ring (bicyclic) bond motifs is 1. The van der Waals surface area contributed by atoms with Crippen LogP contribution in [-0.2, 0) is 33.8 Å². The standard InChI is InChI=1S/C45H69NO7S/c1-8-10-13-18-36(48)40(50)32(25-31-19-20-31)26-37(49)39-38-35(43(38,5)6)29-46(39)41(51)34(44(7)21-14-11-15-22-44)27-33(47)28-45(23-16-12-17-24-45)30-54(52,53)42(3,4)9-2/h1,31-32,34-35,38-39H,9-30H2,2-7H3/t32?,34-,35?,38+,39-/m1/s1. The van der Waals surface area contributed by atoms with Crippen LogP contribution in [0.15, 0.2) is 0 Å². The molecule has 9 heteroatoms. The van der Waals surface area contributed by atoms with Crippen LogP contribution in [0, 0.1) is 58.2 Å². The molecule has 0 aromatic rings. The summed E-state index contributed by atoms with van der Waals surface area (Å²) in [5.74, 6) is 0.448. The normalized spacial score (nSPS) is 26.9. The SMILES string of the molecule is C#CCCCC(=O)C(=O)C(CC(=O)[C@@H]1[C@@H]2C(CN1C(=O)[C@@H](CC(=O)CC1(CS(=O)(=O)C(C)(C)CC)CCCCC1)C1(C)CCCCC1)C2(C)C)CC1CC1. The molecule has 0 aromatic heterocycles. The highest BCUT2D eigenvalue weighted by Gasteiger charge is 2.69. The van der Waals surface area contributed by atoms with Crippen LogP contribution in [-0.4, -0.2) is 65.4 Å². The van der Waals surface area contributed by atoms with Crippen LogP contribution in [0.3, 0.4) is 0 Å². The summed E-state index contributed by atoms with van der Waals surface area (Å²) in [6, 6.07) is -0.681. The second kappa shape index (κ2) is 16.6. The summed E-state index contributed by atoms with van der Waals surface area (Å²) < 4.78 is 26.6. The molecule has 302 valence electrons. The number of ketones is 4. The third-order valence-electron chi connectivity index (χ3n) is 15.2. The number of hydrogen-bond donors (Lipinski definition) is 0. The number of amides is 1. The van der Waals surface area contributed by atoms with E-state index in [9.17, 15) is 27.6 Å². The van der Waals surface area contributed by atoms with Gasteiger partial charge >= 0.3 is 0 Å². The fraction of sp³-hybridized carbons (Fsp3) is 0.844. The average Bonchev–Trinajstić information content (AvgIpc) is 3.97. The number of nitrogens with zero attached hydrogens (tertiary/aromatic N) is 1. The van der Waals surface area contributed by atoms with Gasteiger partial charge in [0, 0.05) is 44.6 Å². The lowest BCUT2D eigenvalue weighted by Gasteiger charge is -2.44. The fourth-order valence-corrected chi connectivity index (χ4v) is 12.8. The Bertz CT molecular complexity index is 1580. The van der Waals surface area contributed by atoms with Crippen molar-refractivity contribution in [3.63, 3.8) is 0 Å². The first-order valence-electron chi connectivity index (χ1n) is 21.4. The summed E-state index contributed by atoms with van der Waals surface area (Å²) in [4.78, 5) is 72.3.